The van der Waals surface area contributed by atoms with Crippen molar-refractivity contribution in [3.05, 3.63) is 12.7 Å². The maximum atomic E-state index is 11.0. The zero-order valence-corrected chi connectivity index (χ0v) is 9.28. The lowest BCUT2D eigenvalue weighted by molar-refractivity contribution is 0.0242. The van der Waals surface area contributed by atoms with Gasteiger partial charge >= 0.3 is 6.09 Å². The average Bonchev–Trinajstić information content (AvgIpc) is 2.21. The molecule has 2 N–H and O–H groups in total. The molecule has 0 aromatic carbocycles. The molecule has 5 heteroatoms. The van der Waals surface area contributed by atoms with Crippen LogP contribution >= 0.6 is 0 Å². The summed E-state index contributed by atoms with van der Waals surface area (Å²) in [7, 11) is 1.56. The minimum atomic E-state index is -0.983. The normalized spacial score (nSPS) is 14.1. The van der Waals surface area contributed by atoms with E-state index in [0.717, 1.165) is 0 Å². The molecule has 0 aliphatic carbocycles. The highest BCUT2D eigenvalue weighted by atomic mass is 16.5. The Morgan fingerprint density at radius 1 is 1.67 bits per heavy atom. The summed E-state index contributed by atoms with van der Waals surface area (Å²) in [4.78, 5) is 11.0. The van der Waals surface area contributed by atoms with E-state index in [0.29, 0.717) is 13.0 Å². The van der Waals surface area contributed by atoms with E-state index in [1.54, 1.807) is 14.0 Å². The molecule has 0 fully saturated rings. The van der Waals surface area contributed by atoms with Crippen LogP contribution in [0.5, 0.6) is 0 Å². The summed E-state index contributed by atoms with van der Waals surface area (Å²) in [6.45, 7) is 5.77. The summed E-state index contributed by atoms with van der Waals surface area (Å²) in [6.07, 6.45) is 1.36. The van der Waals surface area contributed by atoms with Gasteiger partial charge in [-0.25, -0.2) is 4.79 Å². The van der Waals surface area contributed by atoms with E-state index in [-0.39, 0.29) is 13.2 Å². The van der Waals surface area contributed by atoms with E-state index in [1.807, 2.05) is 0 Å². The Labute approximate surface area is 90.1 Å². The summed E-state index contributed by atoms with van der Waals surface area (Å²) in [6, 6.07) is 0. The largest absolute Gasteiger partial charge is 0.445 e. The second kappa shape index (κ2) is 7.25. The molecule has 0 rings (SSSR count). The summed E-state index contributed by atoms with van der Waals surface area (Å²) in [5.41, 5.74) is -0.983. The lowest BCUT2D eigenvalue weighted by Crippen LogP contribution is -2.41. The molecule has 15 heavy (non-hydrogen) atoms. The number of nitrogens with one attached hydrogen (secondary N) is 1. The minimum absolute atomic E-state index is 0.131. The predicted octanol–water partition coefficient (Wildman–Crippen LogP) is 0.686. The molecule has 1 atom stereocenters. The molecule has 5 nitrogen and oxygen atoms in total. The Hall–Kier alpha value is -1.07. The van der Waals surface area contributed by atoms with Crippen LogP contribution < -0.4 is 5.32 Å². The Morgan fingerprint density at radius 3 is 2.87 bits per heavy atom. The Bertz CT molecular complexity index is 204. The average molecular weight is 217 g/mol. The van der Waals surface area contributed by atoms with Gasteiger partial charge in [0.15, 0.2) is 0 Å². The van der Waals surface area contributed by atoms with Crippen molar-refractivity contribution >= 4 is 6.09 Å². The molecule has 0 aliphatic heterocycles. The van der Waals surface area contributed by atoms with Crippen LogP contribution in [0.4, 0.5) is 4.79 Å². The summed E-state index contributed by atoms with van der Waals surface area (Å²) < 4.78 is 9.51. The van der Waals surface area contributed by atoms with Crippen molar-refractivity contribution < 1.29 is 19.4 Å². The van der Waals surface area contributed by atoms with Crippen molar-refractivity contribution in [2.75, 3.05) is 26.9 Å². The number of carbonyl (C=O) groups excluding carboxylic acids is 1. The SMILES string of the molecule is C=CCOC(=O)NCC(C)(O)CCOC. The molecular formula is C10H19NO4. The molecule has 0 aliphatic rings. The Balaban J connectivity index is 3.71. The maximum Gasteiger partial charge on any atom is 0.407 e. The van der Waals surface area contributed by atoms with Crippen molar-refractivity contribution in [1.29, 1.82) is 0 Å². The van der Waals surface area contributed by atoms with Crippen LogP contribution in [-0.4, -0.2) is 43.7 Å². The van der Waals surface area contributed by atoms with Crippen LogP contribution in [0.1, 0.15) is 13.3 Å². The fraction of sp³-hybridized carbons (Fsp3) is 0.700. The predicted molar refractivity (Wildman–Crippen MR) is 56.7 cm³/mol. The smallest absolute Gasteiger partial charge is 0.407 e. The van der Waals surface area contributed by atoms with Gasteiger partial charge in [-0.05, 0) is 6.92 Å². The molecule has 88 valence electrons. The molecule has 0 spiro atoms. The van der Waals surface area contributed by atoms with Crippen molar-refractivity contribution in [3.63, 3.8) is 0 Å². The number of amides is 1. The number of methoxy groups -OCH3 is 1. The van der Waals surface area contributed by atoms with Gasteiger partial charge in [0.05, 0.1) is 5.60 Å². The van der Waals surface area contributed by atoms with E-state index in [1.165, 1.54) is 6.08 Å². The molecule has 0 saturated heterocycles. The third-order valence-corrected chi connectivity index (χ3v) is 1.79. The molecule has 0 saturated carbocycles. The number of ether oxygens (including phenoxy) is 2. The standard InChI is InChI=1S/C10H19NO4/c1-4-6-15-9(12)11-8-10(2,13)5-7-14-3/h4,13H,1,5-8H2,2-3H3,(H,11,12). The summed E-state index contributed by atoms with van der Waals surface area (Å²) in [5, 5.41) is 12.2. The third-order valence-electron chi connectivity index (χ3n) is 1.79. The van der Waals surface area contributed by atoms with Crippen molar-refractivity contribution in [3.8, 4) is 0 Å². The van der Waals surface area contributed by atoms with Crippen LogP contribution in [0.25, 0.3) is 0 Å². The monoisotopic (exact) mass is 217 g/mol. The topological polar surface area (TPSA) is 67.8 Å². The Kier molecular flexibility index (Phi) is 6.73. The van der Waals surface area contributed by atoms with Gasteiger partial charge in [0, 0.05) is 26.7 Å². The maximum absolute atomic E-state index is 11.0. The van der Waals surface area contributed by atoms with Gasteiger partial charge < -0.3 is 19.9 Å². The summed E-state index contributed by atoms with van der Waals surface area (Å²) in [5.74, 6) is 0. The first-order chi connectivity index (χ1) is 7.02. The number of alkyl carbamates (subject to hydrolysis) is 1. The number of rotatable bonds is 7. The highest BCUT2D eigenvalue weighted by molar-refractivity contribution is 5.67. The quantitative estimate of drug-likeness (QED) is 0.615. The lowest BCUT2D eigenvalue weighted by atomic mass is 10.0. The van der Waals surface area contributed by atoms with Crippen LogP contribution in [0, 0.1) is 0 Å². The van der Waals surface area contributed by atoms with Crippen molar-refractivity contribution in [2.24, 2.45) is 0 Å². The highest BCUT2D eigenvalue weighted by Crippen LogP contribution is 2.07. The summed E-state index contributed by atoms with van der Waals surface area (Å²) >= 11 is 0. The van der Waals surface area contributed by atoms with E-state index in [4.69, 9.17) is 4.74 Å². The zero-order valence-electron chi connectivity index (χ0n) is 9.28. The van der Waals surface area contributed by atoms with E-state index >= 15 is 0 Å². The van der Waals surface area contributed by atoms with E-state index in [2.05, 4.69) is 16.6 Å². The van der Waals surface area contributed by atoms with Gasteiger partial charge in [-0.1, -0.05) is 12.7 Å². The number of carbonyl (C=O) groups is 1. The van der Waals surface area contributed by atoms with Gasteiger partial charge in [0.25, 0.3) is 0 Å². The van der Waals surface area contributed by atoms with Gasteiger partial charge in [-0.3, -0.25) is 0 Å². The van der Waals surface area contributed by atoms with Gasteiger partial charge in [-0.2, -0.15) is 0 Å². The third kappa shape index (κ3) is 7.96. The van der Waals surface area contributed by atoms with Crippen molar-refractivity contribution in [2.45, 2.75) is 18.9 Å². The fourth-order valence-corrected chi connectivity index (χ4v) is 0.859. The van der Waals surface area contributed by atoms with Crippen LogP contribution in [0.15, 0.2) is 12.7 Å². The van der Waals surface area contributed by atoms with E-state index in [9.17, 15) is 9.90 Å². The highest BCUT2D eigenvalue weighted by Gasteiger charge is 2.20. The molecule has 1 unspecified atom stereocenters. The van der Waals surface area contributed by atoms with E-state index < -0.39 is 11.7 Å². The number of aliphatic hydroxyl groups is 1. The number of hydrogen-bond donors (Lipinski definition) is 2. The first-order valence-corrected chi connectivity index (χ1v) is 4.74. The first-order valence-electron chi connectivity index (χ1n) is 4.74. The second-order valence-electron chi connectivity index (χ2n) is 3.48. The first kappa shape index (κ1) is 13.9. The van der Waals surface area contributed by atoms with Crippen molar-refractivity contribution in [1.82, 2.24) is 5.32 Å². The molecule has 0 radical (unpaired) electrons. The Morgan fingerprint density at radius 2 is 2.33 bits per heavy atom. The van der Waals surface area contributed by atoms with Crippen LogP contribution in [0.2, 0.25) is 0 Å². The molecule has 0 aromatic rings. The van der Waals surface area contributed by atoms with Crippen LogP contribution in [0.3, 0.4) is 0 Å². The lowest BCUT2D eigenvalue weighted by Gasteiger charge is -2.22. The molecular weight excluding hydrogens is 198 g/mol. The minimum Gasteiger partial charge on any atom is -0.445 e. The molecule has 1 amide bonds. The fourth-order valence-electron chi connectivity index (χ4n) is 0.859. The van der Waals surface area contributed by atoms with Crippen LogP contribution in [-0.2, 0) is 9.47 Å². The molecule has 0 heterocycles. The zero-order chi connectivity index (χ0) is 11.7. The molecule has 0 aromatic heterocycles. The van der Waals surface area contributed by atoms with Gasteiger partial charge in [0.1, 0.15) is 6.61 Å². The molecule has 0 bridgehead atoms. The second-order valence-corrected chi connectivity index (χ2v) is 3.48. The van der Waals surface area contributed by atoms with Gasteiger partial charge in [-0.15, -0.1) is 0 Å². The number of hydrogen-bond acceptors (Lipinski definition) is 4. The van der Waals surface area contributed by atoms with Gasteiger partial charge in [0.2, 0.25) is 0 Å².